The molecular weight excluding hydrogens is 539 g/mol. The van der Waals surface area contributed by atoms with Gasteiger partial charge in [0, 0.05) is 55.4 Å². The number of amides is 1. The van der Waals surface area contributed by atoms with Crippen molar-refractivity contribution in [1.82, 2.24) is 15.1 Å². The largest absolute Gasteiger partial charge is 0.487 e. The van der Waals surface area contributed by atoms with E-state index in [4.69, 9.17) is 21.1 Å². The first-order valence-corrected chi connectivity index (χ1v) is 13.7. The minimum Gasteiger partial charge on any atom is -0.487 e. The topological polar surface area (TPSA) is 66.1 Å². The molecule has 3 heterocycles. The fourth-order valence-corrected chi connectivity index (χ4v) is 5.37. The normalized spacial score (nSPS) is 17.9. The summed E-state index contributed by atoms with van der Waals surface area (Å²) in [6, 6.07) is 17.1. The first kappa shape index (κ1) is 26.9. The molecule has 1 amide bonds. The fraction of sp³-hybridized carbons (Fsp3) is 0.276. The number of carbonyl (C=O) groups excluding carboxylic acids is 1. The predicted octanol–water partition coefficient (Wildman–Crippen LogP) is 5.74. The average Bonchev–Trinajstić information content (AvgIpc) is 3.56. The van der Waals surface area contributed by atoms with Crippen LogP contribution in [0, 0.1) is 17.8 Å². The molecule has 39 heavy (non-hydrogen) atoms. The van der Waals surface area contributed by atoms with Gasteiger partial charge in [-0.3, -0.25) is 5.32 Å². The Balaban J connectivity index is 1.24. The van der Waals surface area contributed by atoms with Crippen LogP contribution in [0.2, 0.25) is 5.02 Å². The molecule has 0 bridgehead atoms. The minimum absolute atomic E-state index is 0.0572. The Morgan fingerprint density at radius 1 is 1.28 bits per heavy atom. The van der Waals surface area contributed by atoms with Crippen LogP contribution in [0.1, 0.15) is 22.4 Å². The highest BCUT2D eigenvalue weighted by Gasteiger charge is 2.27. The maximum Gasteiger partial charge on any atom is 0.409 e. The molecule has 5 rings (SSSR count). The average molecular weight is 567 g/mol. The van der Waals surface area contributed by atoms with E-state index in [1.807, 2.05) is 17.2 Å². The van der Waals surface area contributed by atoms with E-state index in [9.17, 15) is 9.18 Å². The van der Waals surface area contributed by atoms with Crippen molar-refractivity contribution < 1.29 is 18.7 Å². The molecule has 2 aromatic carbocycles. The zero-order chi connectivity index (χ0) is 27.4. The number of carbonyl (C=O) groups is 1. The number of fused-ring (bicyclic) bond motifs is 1. The molecular formula is C29H28ClFN4O3S. The van der Waals surface area contributed by atoms with Crippen LogP contribution < -0.4 is 15.4 Å². The van der Waals surface area contributed by atoms with E-state index in [-0.39, 0.29) is 30.7 Å². The van der Waals surface area contributed by atoms with Gasteiger partial charge in [-0.2, -0.15) is 0 Å². The second-order valence-corrected chi connectivity index (χ2v) is 10.9. The number of benzene rings is 2. The summed E-state index contributed by atoms with van der Waals surface area (Å²) in [5.74, 6) is 3.49. The molecule has 202 valence electrons. The van der Waals surface area contributed by atoms with Crippen LogP contribution in [-0.4, -0.2) is 48.7 Å². The molecule has 0 radical (unpaired) electrons. The lowest BCUT2D eigenvalue weighted by molar-refractivity contribution is 0.0826. The van der Waals surface area contributed by atoms with E-state index in [1.54, 1.807) is 49.7 Å². The van der Waals surface area contributed by atoms with E-state index in [1.165, 1.54) is 21.9 Å². The van der Waals surface area contributed by atoms with Gasteiger partial charge < -0.3 is 24.6 Å². The summed E-state index contributed by atoms with van der Waals surface area (Å²) in [6.45, 7) is 1.49. The van der Waals surface area contributed by atoms with Crippen molar-refractivity contribution >= 4 is 40.4 Å². The summed E-state index contributed by atoms with van der Waals surface area (Å²) in [4.78, 5) is 16.4. The van der Waals surface area contributed by atoms with Crippen LogP contribution in [0.4, 0.5) is 14.9 Å². The molecule has 0 aliphatic carbocycles. The number of anilines is 1. The number of rotatable bonds is 6. The van der Waals surface area contributed by atoms with Crippen molar-refractivity contribution in [2.75, 3.05) is 26.0 Å². The molecule has 2 aliphatic heterocycles. The Kier molecular flexibility index (Phi) is 8.27. The van der Waals surface area contributed by atoms with Crippen molar-refractivity contribution in [3.8, 4) is 17.7 Å². The molecule has 2 N–H and O–H groups in total. The van der Waals surface area contributed by atoms with Crippen molar-refractivity contribution in [2.24, 2.45) is 0 Å². The first-order chi connectivity index (χ1) is 18.8. The van der Waals surface area contributed by atoms with Gasteiger partial charge in [-0.25, -0.2) is 9.18 Å². The Bertz CT molecular complexity index is 1450. The highest BCUT2D eigenvalue weighted by atomic mass is 35.5. The third-order valence-electron chi connectivity index (χ3n) is 6.23. The number of nitrogens with zero attached hydrogens (tertiary/aromatic N) is 2. The molecule has 1 fully saturated rings. The summed E-state index contributed by atoms with van der Waals surface area (Å²) >= 11 is 8.19. The second-order valence-electron chi connectivity index (χ2n) is 9.47. The molecule has 1 aromatic heterocycles. The third-order valence-corrected chi connectivity index (χ3v) is 7.44. The lowest BCUT2D eigenvalue weighted by atomic mass is 10.1. The number of ether oxygens (including phenoxy) is 2. The molecule has 0 unspecified atom stereocenters. The van der Waals surface area contributed by atoms with Gasteiger partial charge in [0.15, 0.2) is 0 Å². The maximum atomic E-state index is 13.4. The molecule has 2 aliphatic rings. The third kappa shape index (κ3) is 6.84. The number of hydrogen-bond acceptors (Lipinski definition) is 7. The van der Waals surface area contributed by atoms with Gasteiger partial charge in [0.2, 0.25) is 0 Å². The zero-order valence-electron chi connectivity index (χ0n) is 21.5. The van der Waals surface area contributed by atoms with E-state index >= 15 is 0 Å². The summed E-state index contributed by atoms with van der Waals surface area (Å²) in [5.41, 5.74) is 3.56. The van der Waals surface area contributed by atoms with E-state index < -0.39 is 0 Å². The minimum atomic E-state index is -0.346. The molecule has 10 heteroatoms. The van der Waals surface area contributed by atoms with E-state index in [0.29, 0.717) is 30.3 Å². The Labute approximate surface area is 236 Å². The quantitative estimate of drug-likeness (QED) is 0.371. The van der Waals surface area contributed by atoms with Gasteiger partial charge in [0.25, 0.3) is 0 Å². The van der Waals surface area contributed by atoms with Gasteiger partial charge in [-0.05, 0) is 47.3 Å². The first-order valence-electron chi connectivity index (χ1n) is 12.5. The molecule has 0 saturated carbocycles. The van der Waals surface area contributed by atoms with Gasteiger partial charge in [-0.15, -0.1) is 11.3 Å². The van der Waals surface area contributed by atoms with Crippen LogP contribution in [0.15, 0.2) is 60.1 Å². The van der Waals surface area contributed by atoms with Gasteiger partial charge in [-0.1, -0.05) is 29.7 Å². The number of halogens is 2. The number of thiophene rings is 1. The van der Waals surface area contributed by atoms with Crippen LogP contribution >= 0.6 is 22.9 Å². The van der Waals surface area contributed by atoms with Crippen LogP contribution in [-0.2, 0) is 17.9 Å². The van der Waals surface area contributed by atoms with Crippen molar-refractivity contribution in [1.29, 1.82) is 0 Å². The van der Waals surface area contributed by atoms with Gasteiger partial charge in [0.1, 0.15) is 24.3 Å². The van der Waals surface area contributed by atoms with Crippen molar-refractivity contribution in [3.05, 3.63) is 87.0 Å². The lowest BCUT2D eigenvalue weighted by Gasteiger charge is -2.23. The van der Waals surface area contributed by atoms with Crippen LogP contribution in [0.5, 0.6) is 5.75 Å². The SMILES string of the molecule is CN(C)C(=O)O[C@@H]1CN[C@@H](C#CN2C=C(Nc3ccc(OCc4cccc(F)c4)c(Cl)c3)c3ccsc3C2)C1. The van der Waals surface area contributed by atoms with Crippen LogP contribution in [0.3, 0.4) is 0 Å². The van der Waals surface area contributed by atoms with Gasteiger partial charge in [0.05, 0.1) is 23.3 Å². The predicted molar refractivity (Wildman–Crippen MR) is 152 cm³/mol. The highest BCUT2D eigenvalue weighted by molar-refractivity contribution is 7.10. The van der Waals surface area contributed by atoms with Crippen LogP contribution in [0.25, 0.3) is 5.70 Å². The Morgan fingerprint density at radius 3 is 2.95 bits per heavy atom. The summed E-state index contributed by atoms with van der Waals surface area (Å²) in [5, 5.41) is 9.29. The van der Waals surface area contributed by atoms with E-state index in [0.717, 1.165) is 22.5 Å². The number of nitrogens with one attached hydrogen (secondary N) is 2. The van der Waals surface area contributed by atoms with Crippen molar-refractivity contribution in [2.45, 2.75) is 31.7 Å². The van der Waals surface area contributed by atoms with Crippen molar-refractivity contribution in [3.63, 3.8) is 0 Å². The molecule has 7 nitrogen and oxygen atoms in total. The monoisotopic (exact) mass is 566 g/mol. The smallest absolute Gasteiger partial charge is 0.409 e. The lowest BCUT2D eigenvalue weighted by Crippen LogP contribution is -2.29. The summed E-state index contributed by atoms with van der Waals surface area (Å²) < 4.78 is 24.7. The standard InChI is InChI=1S/C29H28ClFN4O3S/c1-34(2)29(36)38-23-13-21(32-15-23)8-10-35-16-26(24-9-11-39-28(24)17-35)33-22-6-7-27(25(30)14-22)37-18-19-4-3-5-20(31)12-19/h3-7,9,11-12,14,16,21,23,32-33H,13,15,17-18H2,1-2H3/t21-,23-/m0/s1. The number of hydrogen-bond donors (Lipinski definition) is 2. The Morgan fingerprint density at radius 2 is 2.15 bits per heavy atom. The maximum absolute atomic E-state index is 13.4. The molecule has 3 aromatic rings. The molecule has 1 saturated heterocycles. The summed E-state index contributed by atoms with van der Waals surface area (Å²) in [7, 11) is 3.33. The zero-order valence-corrected chi connectivity index (χ0v) is 23.1. The summed E-state index contributed by atoms with van der Waals surface area (Å²) in [6.07, 6.45) is 2.10. The van der Waals surface area contributed by atoms with E-state index in [2.05, 4.69) is 34.0 Å². The van der Waals surface area contributed by atoms with Gasteiger partial charge >= 0.3 is 6.09 Å². The molecule has 2 atom stereocenters. The fourth-order valence-electron chi connectivity index (χ4n) is 4.25. The second kappa shape index (κ2) is 12.0. The molecule has 0 spiro atoms. The Hall–Kier alpha value is -3.71. The highest BCUT2D eigenvalue weighted by Crippen LogP contribution is 2.34.